The second-order valence-electron chi connectivity index (χ2n) is 15.0. The van der Waals surface area contributed by atoms with Crippen molar-refractivity contribution in [2.75, 3.05) is 0 Å². The van der Waals surface area contributed by atoms with Gasteiger partial charge in [-0.3, -0.25) is 0 Å². The van der Waals surface area contributed by atoms with Gasteiger partial charge in [-0.1, -0.05) is 142 Å². The molecule has 2 heterocycles. The van der Waals surface area contributed by atoms with Crippen LogP contribution in [0.25, 0.3) is 54.8 Å². The van der Waals surface area contributed by atoms with Crippen molar-refractivity contribution >= 4 is 45.6 Å². The molecular formula is C46H48IrN2Si-2. The molecule has 0 atom stereocenters. The minimum absolute atomic E-state index is 0. The Labute approximate surface area is 319 Å². The van der Waals surface area contributed by atoms with E-state index in [2.05, 4.69) is 96.3 Å². The van der Waals surface area contributed by atoms with Crippen LogP contribution in [0.5, 0.6) is 0 Å². The normalized spacial score (nSPS) is 13.5. The van der Waals surface area contributed by atoms with Gasteiger partial charge in [0.05, 0.1) is 8.07 Å². The second kappa shape index (κ2) is 15.5. The topological polar surface area (TPSA) is 25.8 Å². The molecule has 5 aromatic carbocycles. The predicted molar refractivity (Wildman–Crippen MR) is 214 cm³/mol. The van der Waals surface area contributed by atoms with Crippen molar-refractivity contribution in [3.05, 3.63) is 139 Å². The number of hydrogen-bond donors (Lipinski definition) is 0. The number of fused-ring (bicyclic) bond motifs is 6. The fraction of sp³-hybridized carbons (Fsp3) is 0.261. The summed E-state index contributed by atoms with van der Waals surface area (Å²) in [7, 11) is -1.67. The third-order valence-corrected chi connectivity index (χ3v) is 10.4. The molecule has 0 spiro atoms. The van der Waals surface area contributed by atoms with Crippen molar-refractivity contribution in [1.29, 1.82) is 0 Å². The average molecular weight is 853 g/mol. The van der Waals surface area contributed by atoms with Crippen molar-refractivity contribution in [2.24, 2.45) is 11.3 Å². The third-order valence-electron chi connectivity index (χ3n) is 8.37. The van der Waals surface area contributed by atoms with Gasteiger partial charge in [-0.25, -0.2) is 0 Å². The van der Waals surface area contributed by atoms with Crippen LogP contribution in [-0.4, -0.2) is 18.0 Å². The molecule has 50 heavy (non-hydrogen) atoms. The van der Waals surface area contributed by atoms with E-state index in [0.29, 0.717) is 5.56 Å². The molecule has 1 radical (unpaired) electrons. The van der Waals surface area contributed by atoms with Gasteiger partial charge in [0.25, 0.3) is 0 Å². The van der Waals surface area contributed by atoms with E-state index in [4.69, 9.17) is 5.48 Å². The van der Waals surface area contributed by atoms with Crippen LogP contribution in [-0.2, 0) is 32.9 Å². The standard InChI is InChI=1S/C28H24N.C18H24NSi.Ir/c1-28(2,3)18-19-14-15-29-27(16-19)20-12-13-25-23-10-5-4-8-21(23)22-9-6-7-11-24(22)26(25)17-20;1-14(2)11-16-12-17(15-9-7-6-8-10-15)19-13-18(16)20(3,4)5;/h4-11,13-17H,18H2,1-3H3;6-9,12-14H,11H2,1-5H3;/q2*-1;/i18D2;11D2;. The van der Waals surface area contributed by atoms with Gasteiger partial charge >= 0.3 is 0 Å². The molecule has 7 aromatic rings. The minimum Gasteiger partial charge on any atom is -0.305 e. The fourth-order valence-electron chi connectivity index (χ4n) is 6.26. The zero-order valence-corrected chi connectivity index (χ0v) is 33.7. The molecule has 0 fully saturated rings. The van der Waals surface area contributed by atoms with Crippen LogP contribution in [0, 0.1) is 23.5 Å². The van der Waals surface area contributed by atoms with Gasteiger partial charge in [-0.2, -0.15) is 0 Å². The van der Waals surface area contributed by atoms with Gasteiger partial charge in [0.2, 0.25) is 0 Å². The van der Waals surface area contributed by atoms with E-state index in [1.807, 2.05) is 83.3 Å². The zero-order valence-electron chi connectivity index (χ0n) is 34.3. The van der Waals surface area contributed by atoms with Gasteiger partial charge < -0.3 is 9.97 Å². The molecule has 0 saturated heterocycles. The van der Waals surface area contributed by atoms with Crippen molar-refractivity contribution < 1.29 is 25.6 Å². The maximum atomic E-state index is 8.64. The van der Waals surface area contributed by atoms with Crippen LogP contribution in [0.1, 0.15) is 51.2 Å². The molecule has 0 aliphatic heterocycles. The quantitative estimate of drug-likeness (QED) is 0.0946. The van der Waals surface area contributed by atoms with E-state index in [9.17, 15) is 0 Å². The fourth-order valence-corrected chi connectivity index (χ4v) is 7.67. The first-order chi connectivity index (χ1) is 24.9. The van der Waals surface area contributed by atoms with Crippen molar-refractivity contribution in [3.8, 4) is 22.5 Å². The van der Waals surface area contributed by atoms with Gasteiger partial charge in [0.1, 0.15) is 0 Å². The number of rotatable bonds is 6. The summed E-state index contributed by atoms with van der Waals surface area (Å²) in [5, 5.41) is 8.32. The Morgan fingerprint density at radius 3 is 1.88 bits per heavy atom. The molecule has 0 unspecified atom stereocenters. The van der Waals surface area contributed by atoms with Gasteiger partial charge in [0, 0.05) is 38.0 Å². The number of hydrogen-bond acceptors (Lipinski definition) is 2. The smallest absolute Gasteiger partial charge is 0.0798 e. The first-order valence-electron chi connectivity index (χ1n) is 19.1. The molecule has 0 bridgehead atoms. The van der Waals surface area contributed by atoms with Crippen LogP contribution < -0.4 is 5.19 Å². The minimum atomic E-state index is -1.67. The van der Waals surface area contributed by atoms with Crippen LogP contribution in [0.3, 0.4) is 0 Å². The molecule has 0 aliphatic rings. The summed E-state index contributed by atoms with van der Waals surface area (Å²) in [6.45, 7) is 16.3. The maximum Gasteiger partial charge on any atom is 0.0798 e. The summed E-state index contributed by atoms with van der Waals surface area (Å²) in [5.74, 6) is -0.0856. The first kappa shape index (κ1) is 32.0. The Hall–Kier alpha value is -3.95. The Kier molecular flexibility index (Phi) is 9.93. The number of pyridine rings is 2. The average Bonchev–Trinajstić information content (AvgIpc) is 3.14. The summed E-state index contributed by atoms with van der Waals surface area (Å²) < 4.78 is 34.4. The molecule has 257 valence electrons. The Bertz CT molecular complexity index is 2380. The maximum absolute atomic E-state index is 8.64. The van der Waals surface area contributed by atoms with Crippen LogP contribution in [0.2, 0.25) is 19.6 Å². The SMILES string of the molecule is [2H]C([2H])(c1cc(-c2[c-]cccc2)ncc1[Si](C)(C)C)C(C)C.[2H]C([2H])(c1ccnc(-c2[c-]cc3c4ccccc4c4ccccc4c3c2)c1)C(C)(C)C.[Ir]. The van der Waals surface area contributed by atoms with E-state index in [1.165, 1.54) is 26.9 Å². The zero-order chi connectivity index (χ0) is 38.3. The monoisotopic (exact) mass is 853 g/mol. The molecule has 2 nitrogen and oxygen atoms in total. The summed E-state index contributed by atoms with van der Waals surface area (Å²) in [6.07, 6.45) is 0.759. The van der Waals surface area contributed by atoms with Crippen LogP contribution in [0.15, 0.2) is 116 Å². The molecule has 0 saturated carbocycles. The van der Waals surface area contributed by atoms with E-state index in [0.717, 1.165) is 38.7 Å². The van der Waals surface area contributed by atoms with Crippen LogP contribution in [0.4, 0.5) is 0 Å². The summed E-state index contributed by atoms with van der Waals surface area (Å²) in [6, 6.07) is 41.0. The number of nitrogens with zero attached hydrogens (tertiary/aromatic N) is 2. The van der Waals surface area contributed by atoms with E-state index < -0.39 is 26.2 Å². The van der Waals surface area contributed by atoms with Crippen LogP contribution >= 0.6 is 0 Å². The Balaban J connectivity index is 0.000000217. The van der Waals surface area contributed by atoms with E-state index in [1.54, 1.807) is 12.3 Å². The Morgan fingerprint density at radius 2 is 1.30 bits per heavy atom. The molecular weight excluding hydrogens is 801 g/mol. The number of benzene rings is 5. The summed E-state index contributed by atoms with van der Waals surface area (Å²) >= 11 is 0. The van der Waals surface area contributed by atoms with Gasteiger partial charge in [-0.05, 0) is 62.9 Å². The van der Waals surface area contributed by atoms with Gasteiger partial charge in [0.15, 0.2) is 0 Å². The predicted octanol–water partition coefficient (Wildman–Crippen LogP) is 11.9. The number of aromatic nitrogens is 2. The largest absolute Gasteiger partial charge is 0.305 e. The van der Waals surface area contributed by atoms with Gasteiger partial charge in [-0.15, -0.1) is 59.7 Å². The van der Waals surface area contributed by atoms with Crippen molar-refractivity contribution in [1.82, 2.24) is 9.97 Å². The molecule has 0 amide bonds. The molecule has 7 rings (SSSR count). The first-order valence-corrected chi connectivity index (χ1v) is 20.6. The molecule has 0 N–H and O–H groups in total. The third kappa shape index (κ3) is 8.67. The molecule has 4 heteroatoms. The summed E-state index contributed by atoms with van der Waals surface area (Å²) in [5.41, 5.74) is 4.23. The molecule has 2 aromatic heterocycles. The summed E-state index contributed by atoms with van der Waals surface area (Å²) in [4.78, 5) is 9.14. The van der Waals surface area contributed by atoms with E-state index in [-0.39, 0.29) is 26.0 Å². The molecule has 0 aliphatic carbocycles. The second-order valence-corrected chi connectivity index (χ2v) is 20.0. The Morgan fingerprint density at radius 1 is 0.700 bits per heavy atom. The van der Waals surface area contributed by atoms with Crippen molar-refractivity contribution in [2.45, 2.75) is 67.0 Å². The van der Waals surface area contributed by atoms with E-state index >= 15 is 0 Å². The van der Waals surface area contributed by atoms with Crippen molar-refractivity contribution in [3.63, 3.8) is 0 Å².